The summed E-state index contributed by atoms with van der Waals surface area (Å²) >= 11 is 0. The van der Waals surface area contributed by atoms with Crippen LogP contribution in [0, 0.1) is 0 Å². The van der Waals surface area contributed by atoms with Gasteiger partial charge in [0.2, 0.25) is 11.5 Å². The topological polar surface area (TPSA) is 92.5 Å². The molecule has 1 aromatic carbocycles. The van der Waals surface area contributed by atoms with Gasteiger partial charge in [-0.25, -0.2) is 9.48 Å². The van der Waals surface area contributed by atoms with Crippen LogP contribution in [-0.2, 0) is 11.3 Å². The minimum Gasteiger partial charge on any atom is -0.493 e. The molecule has 0 N–H and O–H groups in total. The molecule has 0 aliphatic heterocycles. The van der Waals surface area contributed by atoms with Crippen LogP contribution in [0.15, 0.2) is 69.9 Å². The fraction of sp³-hybridized carbons (Fsp3) is 0.105. The zero-order valence-electron chi connectivity index (χ0n) is 14.4. The van der Waals surface area contributed by atoms with Gasteiger partial charge in [0.05, 0.1) is 25.3 Å². The van der Waals surface area contributed by atoms with Crippen LogP contribution in [0.3, 0.4) is 0 Å². The molecule has 0 aliphatic rings. The summed E-state index contributed by atoms with van der Waals surface area (Å²) in [7, 11) is 1.47. The van der Waals surface area contributed by atoms with E-state index >= 15 is 0 Å². The van der Waals surface area contributed by atoms with Gasteiger partial charge in [0.1, 0.15) is 12.3 Å². The molecular formula is C19H15N3O5. The number of methoxy groups -OCH3 is 1. The van der Waals surface area contributed by atoms with Crippen molar-refractivity contribution >= 4 is 5.97 Å². The first-order chi connectivity index (χ1) is 13.2. The van der Waals surface area contributed by atoms with Crippen LogP contribution in [0.2, 0.25) is 0 Å². The van der Waals surface area contributed by atoms with E-state index < -0.39 is 5.97 Å². The molecule has 0 saturated heterocycles. The molecule has 8 nitrogen and oxygen atoms in total. The fourth-order valence-electron chi connectivity index (χ4n) is 2.48. The number of hydrogen-bond donors (Lipinski definition) is 0. The summed E-state index contributed by atoms with van der Waals surface area (Å²) < 4.78 is 22.5. The van der Waals surface area contributed by atoms with E-state index in [9.17, 15) is 4.79 Å². The Hall–Kier alpha value is -3.81. The monoisotopic (exact) mass is 365 g/mol. The first-order valence-corrected chi connectivity index (χ1v) is 8.10. The van der Waals surface area contributed by atoms with Crippen molar-refractivity contribution in [3.05, 3.63) is 72.4 Å². The number of benzene rings is 1. The molecule has 0 amide bonds. The van der Waals surface area contributed by atoms with E-state index in [1.807, 2.05) is 30.3 Å². The second kappa shape index (κ2) is 7.20. The van der Waals surface area contributed by atoms with E-state index in [1.54, 1.807) is 29.1 Å². The normalized spacial score (nSPS) is 10.7. The second-order valence-corrected chi connectivity index (χ2v) is 5.56. The molecule has 0 bridgehead atoms. The van der Waals surface area contributed by atoms with Crippen LogP contribution in [0.1, 0.15) is 16.2 Å². The van der Waals surface area contributed by atoms with Gasteiger partial charge in [0, 0.05) is 6.07 Å². The number of aromatic nitrogens is 3. The van der Waals surface area contributed by atoms with Crippen LogP contribution in [0.4, 0.5) is 0 Å². The molecule has 0 spiro atoms. The number of para-hydroxylation sites is 1. The average Bonchev–Trinajstić information content (AvgIpc) is 3.46. The van der Waals surface area contributed by atoms with Crippen molar-refractivity contribution in [2.24, 2.45) is 0 Å². The van der Waals surface area contributed by atoms with Crippen molar-refractivity contribution in [3.8, 4) is 23.0 Å². The molecule has 0 unspecified atom stereocenters. The second-order valence-electron chi connectivity index (χ2n) is 5.56. The molecule has 3 heterocycles. The van der Waals surface area contributed by atoms with Crippen molar-refractivity contribution in [2.75, 3.05) is 7.11 Å². The van der Waals surface area contributed by atoms with Crippen molar-refractivity contribution in [1.82, 2.24) is 14.9 Å². The third kappa shape index (κ3) is 3.45. The first kappa shape index (κ1) is 16.6. The minimum atomic E-state index is -0.621. The highest BCUT2D eigenvalue weighted by Gasteiger charge is 2.21. The molecule has 0 radical (unpaired) electrons. The summed E-state index contributed by atoms with van der Waals surface area (Å²) in [5.74, 6) is 0.699. The third-order valence-corrected chi connectivity index (χ3v) is 3.79. The predicted molar refractivity (Wildman–Crippen MR) is 93.4 cm³/mol. The lowest BCUT2D eigenvalue weighted by Crippen LogP contribution is -2.08. The number of ether oxygens (including phenoxy) is 2. The van der Waals surface area contributed by atoms with Gasteiger partial charge in [-0.3, -0.25) is 0 Å². The van der Waals surface area contributed by atoms with Crippen LogP contribution < -0.4 is 4.74 Å². The zero-order valence-corrected chi connectivity index (χ0v) is 14.4. The Labute approximate surface area is 153 Å². The molecule has 0 saturated carbocycles. The number of furan rings is 1. The van der Waals surface area contributed by atoms with Crippen molar-refractivity contribution in [3.63, 3.8) is 0 Å². The van der Waals surface area contributed by atoms with E-state index in [-0.39, 0.29) is 12.3 Å². The Morgan fingerprint density at radius 2 is 2.00 bits per heavy atom. The Kier molecular flexibility index (Phi) is 4.44. The average molecular weight is 365 g/mol. The van der Waals surface area contributed by atoms with Gasteiger partial charge in [0.15, 0.2) is 11.5 Å². The number of rotatable bonds is 6. The molecular weight excluding hydrogens is 350 g/mol. The number of hydrogen-bond acceptors (Lipinski definition) is 7. The van der Waals surface area contributed by atoms with Gasteiger partial charge >= 0.3 is 5.97 Å². The lowest BCUT2D eigenvalue weighted by atomic mass is 10.3. The highest BCUT2D eigenvalue weighted by molar-refractivity contribution is 5.90. The highest BCUT2D eigenvalue weighted by atomic mass is 16.5. The Morgan fingerprint density at radius 1 is 1.15 bits per heavy atom. The highest BCUT2D eigenvalue weighted by Crippen LogP contribution is 2.23. The lowest BCUT2D eigenvalue weighted by Gasteiger charge is -2.01. The number of nitrogens with zero attached hydrogens (tertiary/aromatic N) is 3. The van der Waals surface area contributed by atoms with Crippen molar-refractivity contribution in [2.45, 2.75) is 6.61 Å². The maximum atomic E-state index is 12.4. The van der Waals surface area contributed by atoms with Crippen molar-refractivity contribution in [1.29, 1.82) is 0 Å². The van der Waals surface area contributed by atoms with Gasteiger partial charge in [-0.2, -0.15) is 5.10 Å². The SMILES string of the molecule is COc1cn(-c2ccccc2)nc1C(=O)OCc1cc(-c2ccco2)on1. The predicted octanol–water partition coefficient (Wildman–Crippen LogP) is 3.49. The number of esters is 1. The van der Waals surface area contributed by atoms with E-state index in [0.717, 1.165) is 5.69 Å². The Bertz CT molecular complexity index is 1030. The first-order valence-electron chi connectivity index (χ1n) is 8.10. The van der Waals surface area contributed by atoms with Crippen LogP contribution in [-0.4, -0.2) is 28.0 Å². The Morgan fingerprint density at radius 3 is 2.74 bits per heavy atom. The van der Waals surface area contributed by atoms with Crippen LogP contribution in [0.25, 0.3) is 17.2 Å². The quantitative estimate of drug-likeness (QED) is 0.483. The Balaban J connectivity index is 1.48. The molecule has 0 atom stereocenters. The molecule has 3 aromatic heterocycles. The molecule has 8 heteroatoms. The lowest BCUT2D eigenvalue weighted by molar-refractivity contribution is 0.0453. The maximum Gasteiger partial charge on any atom is 0.363 e. The molecule has 4 aromatic rings. The van der Waals surface area contributed by atoms with E-state index in [0.29, 0.717) is 23.0 Å². The zero-order chi connectivity index (χ0) is 18.6. The van der Waals surface area contributed by atoms with E-state index in [2.05, 4.69) is 10.3 Å². The smallest absolute Gasteiger partial charge is 0.363 e. The largest absolute Gasteiger partial charge is 0.493 e. The molecule has 0 fully saturated rings. The number of carbonyl (C=O) groups is 1. The summed E-state index contributed by atoms with van der Waals surface area (Å²) in [5.41, 5.74) is 1.33. The van der Waals surface area contributed by atoms with Gasteiger partial charge < -0.3 is 18.4 Å². The fourth-order valence-corrected chi connectivity index (χ4v) is 2.48. The van der Waals surface area contributed by atoms with Gasteiger partial charge in [0.25, 0.3) is 0 Å². The van der Waals surface area contributed by atoms with Crippen molar-refractivity contribution < 1.29 is 23.2 Å². The van der Waals surface area contributed by atoms with Crippen LogP contribution in [0.5, 0.6) is 5.75 Å². The van der Waals surface area contributed by atoms with Gasteiger partial charge in [-0.05, 0) is 24.3 Å². The molecule has 136 valence electrons. The van der Waals surface area contributed by atoms with Gasteiger partial charge in [-0.15, -0.1) is 0 Å². The third-order valence-electron chi connectivity index (χ3n) is 3.79. The van der Waals surface area contributed by atoms with Gasteiger partial charge in [-0.1, -0.05) is 23.4 Å². The van der Waals surface area contributed by atoms with Crippen LogP contribution >= 0.6 is 0 Å². The summed E-state index contributed by atoms with van der Waals surface area (Å²) in [6, 6.07) is 14.5. The summed E-state index contributed by atoms with van der Waals surface area (Å²) in [6.07, 6.45) is 3.16. The van der Waals surface area contributed by atoms with E-state index in [1.165, 1.54) is 13.4 Å². The minimum absolute atomic E-state index is 0.0651. The molecule has 0 aliphatic carbocycles. The summed E-state index contributed by atoms with van der Waals surface area (Å²) in [4.78, 5) is 12.4. The maximum absolute atomic E-state index is 12.4. The standard InChI is InChI=1S/C19H15N3O5/c1-24-17-11-22(14-6-3-2-4-7-14)20-18(17)19(23)26-12-13-10-16(27-21-13)15-8-5-9-25-15/h2-11H,12H2,1H3. The summed E-state index contributed by atoms with van der Waals surface area (Å²) in [6.45, 7) is -0.0651. The molecule has 4 rings (SSSR count). The summed E-state index contributed by atoms with van der Waals surface area (Å²) in [5, 5.41) is 8.13. The number of carbonyl (C=O) groups excluding carboxylic acids is 1. The molecule has 27 heavy (non-hydrogen) atoms. The van der Waals surface area contributed by atoms with E-state index in [4.69, 9.17) is 18.4 Å².